The van der Waals surface area contributed by atoms with Gasteiger partial charge in [0.25, 0.3) is 0 Å². The quantitative estimate of drug-likeness (QED) is 0.784. The Labute approximate surface area is 117 Å². The number of alkyl halides is 1. The van der Waals surface area contributed by atoms with Crippen molar-refractivity contribution in [1.82, 2.24) is 4.90 Å². The van der Waals surface area contributed by atoms with Crippen LogP contribution in [0, 0.1) is 6.92 Å². The van der Waals surface area contributed by atoms with Crippen LogP contribution in [-0.2, 0) is 11.2 Å². The Kier molecular flexibility index (Phi) is 4.81. The second kappa shape index (κ2) is 6.37. The lowest BCUT2D eigenvalue weighted by Crippen LogP contribution is -2.38. The van der Waals surface area contributed by atoms with Crippen molar-refractivity contribution in [3.63, 3.8) is 0 Å². The molecule has 0 radical (unpaired) electrons. The fourth-order valence-electron chi connectivity index (χ4n) is 2.26. The minimum absolute atomic E-state index is 0.301. The zero-order valence-electron chi connectivity index (χ0n) is 10.9. The first-order valence-corrected chi connectivity index (χ1v) is 7.54. The molecule has 2 rings (SSSR count). The Morgan fingerprint density at radius 2 is 1.89 bits per heavy atom. The second-order valence-electron chi connectivity index (χ2n) is 5.04. The van der Waals surface area contributed by atoms with E-state index in [-0.39, 0.29) is 0 Å². The Morgan fingerprint density at radius 3 is 2.50 bits per heavy atom. The minimum Gasteiger partial charge on any atom is -0.343 e. The fraction of sp³-hybridized carbons (Fsp3) is 0.533. The van der Waals surface area contributed by atoms with Crippen molar-refractivity contribution in [2.75, 3.05) is 13.1 Å². The van der Waals surface area contributed by atoms with Crippen molar-refractivity contribution in [3.05, 3.63) is 35.4 Å². The van der Waals surface area contributed by atoms with E-state index >= 15 is 0 Å². The number of piperidine rings is 1. The number of amides is 1. The molecule has 1 aromatic rings. The van der Waals surface area contributed by atoms with Gasteiger partial charge in [0.2, 0.25) is 5.91 Å². The summed E-state index contributed by atoms with van der Waals surface area (Å²) in [6.07, 6.45) is 3.65. The SMILES string of the molecule is Cc1ccc(CCC(=O)N2CCC(Br)CC2)cc1. The predicted molar refractivity (Wildman–Crippen MR) is 78.0 cm³/mol. The average molecular weight is 310 g/mol. The van der Waals surface area contributed by atoms with E-state index in [9.17, 15) is 4.79 Å². The van der Waals surface area contributed by atoms with Gasteiger partial charge in [-0.05, 0) is 31.7 Å². The molecule has 1 aliphatic heterocycles. The standard InChI is InChI=1S/C15H20BrNO/c1-12-2-4-13(5-3-12)6-7-15(18)17-10-8-14(16)9-11-17/h2-5,14H,6-11H2,1H3. The van der Waals surface area contributed by atoms with Gasteiger partial charge in [-0.25, -0.2) is 0 Å². The van der Waals surface area contributed by atoms with Gasteiger partial charge in [0.1, 0.15) is 0 Å². The summed E-state index contributed by atoms with van der Waals surface area (Å²) in [6.45, 7) is 3.89. The van der Waals surface area contributed by atoms with Crippen LogP contribution in [0.25, 0.3) is 0 Å². The van der Waals surface area contributed by atoms with Gasteiger partial charge < -0.3 is 4.90 Å². The number of hydrogen-bond acceptors (Lipinski definition) is 1. The van der Waals surface area contributed by atoms with E-state index in [4.69, 9.17) is 0 Å². The molecule has 1 heterocycles. The highest BCUT2D eigenvalue weighted by atomic mass is 79.9. The van der Waals surface area contributed by atoms with Crippen molar-refractivity contribution >= 4 is 21.8 Å². The summed E-state index contributed by atoms with van der Waals surface area (Å²) < 4.78 is 0. The number of likely N-dealkylation sites (tertiary alicyclic amines) is 1. The maximum absolute atomic E-state index is 12.1. The third kappa shape index (κ3) is 3.84. The van der Waals surface area contributed by atoms with Crippen molar-refractivity contribution in [1.29, 1.82) is 0 Å². The molecule has 2 nitrogen and oxygen atoms in total. The highest BCUT2D eigenvalue weighted by molar-refractivity contribution is 9.09. The molecule has 1 aromatic carbocycles. The van der Waals surface area contributed by atoms with Gasteiger partial charge in [-0.3, -0.25) is 4.79 Å². The number of carbonyl (C=O) groups is 1. The Morgan fingerprint density at radius 1 is 1.28 bits per heavy atom. The normalized spacial score (nSPS) is 16.9. The largest absolute Gasteiger partial charge is 0.343 e. The molecule has 98 valence electrons. The molecule has 0 aromatic heterocycles. The number of nitrogens with zero attached hydrogens (tertiary/aromatic N) is 1. The minimum atomic E-state index is 0.301. The molecule has 1 fully saturated rings. The first-order valence-electron chi connectivity index (χ1n) is 6.62. The molecule has 0 atom stereocenters. The number of halogens is 1. The highest BCUT2D eigenvalue weighted by Gasteiger charge is 2.20. The number of aryl methyl sites for hydroxylation is 2. The number of rotatable bonds is 3. The first kappa shape index (κ1) is 13.6. The summed E-state index contributed by atoms with van der Waals surface area (Å²) in [5, 5.41) is 0. The summed E-state index contributed by atoms with van der Waals surface area (Å²) in [5.74, 6) is 0.301. The Balaban J connectivity index is 1.79. The molecule has 0 bridgehead atoms. The van der Waals surface area contributed by atoms with Gasteiger partial charge in [0.05, 0.1) is 0 Å². The van der Waals surface area contributed by atoms with Gasteiger partial charge in [0.15, 0.2) is 0 Å². The van der Waals surface area contributed by atoms with Crippen LogP contribution in [-0.4, -0.2) is 28.7 Å². The number of hydrogen-bond donors (Lipinski definition) is 0. The number of carbonyl (C=O) groups excluding carboxylic acids is 1. The van der Waals surface area contributed by atoms with E-state index in [1.807, 2.05) is 4.90 Å². The third-order valence-electron chi connectivity index (χ3n) is 3.53. The Hall–Kier alpha value is -0.830. The van der Waals surface area contributed by atoms with Crippen molar-refractivity contribution in [2.24, 2.45) is 0 Å². The molecule has 1 saturated heterocycles. The van der Waals surface area contributed by atoms with E-state index < -0.39 is 0 Å². The molecular weight excluding hydrogens is 290 g/mol. The lowest BCUT2D eigenvalue weighted by molar-refractivity contribution is -0.131. The van der Waals surface area contributed by atoms with Gasteiger partial charge in [0, 0.05) is 24.3 Å². The van der Waals surface area contributed by atoms with E-state index in [2.05, 4.69) is 47.1 Å². The van der Waals surface area contributed by atoms with E-state index in [1.54, 1.807) is 0 Å². The average Bonchev–Trinajstić information content (AvgIpc) is 2.38. The van der Waals surface area contributed by atoms with Crippen LogP contribution in [0.1, 0.15) is 30.4 Å². The molecular formula is C15H20BrNO. The molecule has 0 unspecified atom stereocenters. The third-order valence-corrected chi connectivity index (χ3v) is 4.44. The van der Waals surface area contributed by atoms with Crippen molar-refractivity contribution in [3.8, 4) is 0 Å². The van der Waals surface area contributed by atoms with Gasteiger partial charge in [-0.2, -0.15) is 0 Å². The molecule has 0 aliphatic carbocycles. The van der Waals surface area contributed by atoms with Gasteiger partial charge >= 0.3 is 0 Å². The maximum atomic E-state index is 12.1. The molecule has 0 saturated carbocycles. The smallest absolute Gasteiger partial charge is 0.222 e. The first-order chi connectivity index (χ1) is 8.65. The fourth-order valence-corrected chi connectivity index (χ4v) is 2.67. The zero-order chi connectivity index (χ0) is 13.0. The summed E-state index contributed by atoms with van der Waals surface area (Å²) in [7, 11) is 0. The van der Waals surface area contributed by atoms with E-state index in [0.29, 0.717) is 17.2 Å². The van der Waals surface area contributed by atoms with Crippen LogP contribution in [0.4, 0.5) is 0 Å². The van der Waals surface area contributed by atoms with Crippen LogP contribution in [0.15, 0.2) is 24.3 Å². The zero-order valence-corrected chi connectivity index (χ0v) is 12.4. The van der Waals surface area contributed by atoms with Crippen LogP contribution in [0.3, 0.4) is 0 Å². The lowest BCUT2D eigenvalue weighted by atomic mass is 10.1. The van der Waals surface area contributed by atoms with E-state index in [0.717, 1.165) is 32.4 Å². The van der Waals surface area contributed by atoms with Crippen LogP contribution >= 0.6 is 15.9 Å². The van der Waals surface area contributed by atoms with Gasteiger partial charge in [-0.15, -0.1) is 0 Å². The summed E-state index contributed by atoms with van der Waals surface area (Å²) in [6, 6.07) is 8.45. The second-order valence-corrected chi connectivity index (χ2v) is 6.34. The molecule has 1 aliphatic rings. The topological polar surface area (TPSA) is 20.3 Å². The highest BCUT2D eigenvalue weighted by Crippen LogP contribution is 2.18. The van der Waals surface area contributed by atoms with E-state index in [1.165, 1.54) is 11.1 Å². The maximum Gasteiger partial charge on any atom is 0.222 e. The molecule has 0 spiro atoms. The van der Waals surface area contributed by atoms with Gasteiger partial charge in [-0.1, -0.05) is 45.8 Å². The van der Waals surface area contributed by atoms with Crippen molar-refractivity contribution in [2.45, 2.75) is 37.4 Å². The molecule has 18 heavy (non-hydrogen) atoms. The Bertz CT molecular complexity index is 393. The molecule has 0 N–H and O–H groups in total. The summed E-state index contributed by atoms with van der Waals surface area (Å²) in [5.41, 5.74) is 2.52. The van der Waals surface area contributed by atoms with Crippen LogP contribution < -0.4 is 0 Å². The number of benzene rings is 1. The summed E-state index contributed by atoms with van der Waals surface area (Å²) in [4.78, 5) is 14.7. The monoisotopic (exact) mass is 309 g/mol. The predicted octanol–water partition coefficient (Wildman–Crippen LogP) is 3.31. The van der Waals surface area contributed by atoms with Crippen molar-refractivity contribution < 1.29 is 4.79 Å². The lowest BCUT2D eigenvalue weighted by Gasteiger charge is -2.29. The summed E-state index contributed by atoms with van der Waals surface area (Å²) >= 11 is 3.61. The van der Waals surface area contributed by atoms with Crippen LogP contribution in [0.5, 0.6) is 0 Å². The molecule has 1 amide bonds. The van der Waals surface area contributed by atoms with Crippen LogP contribution in [0.2, 0.25) is 0 Å². The molecule has 3 heteroatoms.